The summed E-state index contributed by atoms with van der Waals surface area (Å²) in [6, 6.07) is 11.8. The minimum atomic E-state index is -0.169. The molecule has 0 aliphatic carbocycles. The predicted octanol–water partition coefficient (Wildman–Crippen LogP) is 4.64. The summed E-state index contributed by atoms with van der Waals surface area (Å²) in [4.78, 5) is 17.6. The van der Waals surface area contributed by atoms with Gasteiger partial charge < -0.3 is 9.30 Å². The minimum Gasteiger partial charge on any atom is -0.496 e. The first-order chi connectivity index (χ1) is 12.5. The molecule has 0 saturated carbocycles. The Morgan fingerprint density at radius 1 is 1.35 bits per heavy atom. The molecule has 3 aromatic rings. The number of hydrogen-bond acceptors (Lipinski definition) is 3. The van der Waals surface area contributed by atoms with E-state index in [0.717, 1.165) is 31.6 Å². The van der Waals surface area contributed by atoms with Gasteiger partial charge in [-0.25, -0.2) is 0 Å². The van der Waals surface area contributed by atoms with Crippen LogP contribution in [0.5, 0.6) is 5.75 Å². The zero-order valence-corrected chi connectivity index (χ0v) is 17.1. The fraction of sp³-hybridized carbons (Fsp3) is 0.200. The Hall–Kier alpha value is -2.18. The van der Waals surface area contributed by atoms with Crippen LogP contribution in [-0.2, 0) is 17.8 Å². The molecule has 0 unspecified atom stereocenters. The quantitative estimate of drug-likeness (QED) is 0.553. The van der Waals surface area contributed by atoms with E-state index in [2.05, 4.69) is 27.5 Å². The molecule has 0 spiro atoms. The van der Waals surface area contributed by atoms with Gasteiger partial charge in [0.1, 0.15) is 5.75 Å². The van der Waals surface area contributed by atoms with Crippen molar-refractivity contribution in [3.8, 4) is 5.75 Å². The van der Waals surface area contributed by atoms with Gasteiger partial charge in [-0.15, -0.1) is 6.58 Å². The maximum absolute atomic E-state index is 12.5. The van der Waals surface area contributed by atoms with Crippen molar-refractivity contribution in [1.29, 1.82) is 0 Å². The lowest BCUT2D eigenvalue weighted by Crippen LogP contribution is -2.16. The number of thiazole rings is 1. The van der Waals surface area contributed by atoms with E-state index in [1.54, 1.807) is 7.11 Å². The number of ether oxygens (including phenoxy) is 1. The molecule has 0 atom stereocenters. The second-order valence-electron chi connectivity index (χ2n) is 5.88. The predicted molar refractivity (Wildman–Crippen MR) is 110 cm³/mol. The van der Waals surface area contributed by atoms with Gasteiger partial charge in [0.25, 0.3) is 5.91 Å². The molecule has 0 radical (unpaired) electrons. The van der Waals surface area contributed by atoms with Crippen molar-refractivity contribution in [2.75, 3.05) is 7.11 Å². The number of rotatable bonds is 5. The molecule has 26 heavy (non-hydrogen) atoms. The lowest BCUT2D eigenvalue weighted by molar-refractivity contribution is -0.117. The molecule has 0 bridgehead atoms. The smallest absolute Gasteiger partial charge is 0.252 e. The molecule has 0 N–H and O–H groups in total. The summed E-state index contributed by atoms with van der Waals surface area (Å²) in [5.41, 5.74) is 2.98. The number of benzene rings is 2. The summed E-state index contributed by atoms with van der Waals surface area (Å²) in [5.74, 6) is 0.648. The van der Waals surface area contributed by atoms with Crippen molar-refractivity contribution in [3.63, 3.8) is 0 Å². The highest BCUT2D eigenvalue weighted by atomic mass is 79.9. The Labute approximate surface area is 164 Å². The maximum atomic E-state index is 12.5. The van der Waals surface area contributed by atoms with Crippen LogP contribution in [-0.4, -0.2) is 17.6 Å². The number of halogens is 1. The Bertz CT molecular complexity index is 1050. The van der Waals surface area contributed by atoms with Crippen LogP contribution in [0.3, 0.4) is 0 Å². The largest absolute Gasteiger partial charge is 0.496 e. The van der Waals surface area contributed by atoms with Crippen molar-refractivity contribution in [3.05, 3.63) is 69.5 Å². The molecule has 134 valence electrons. The molecule has 0 aliphatic heterocycles. The Kier molecular flexibility index (Phi) is 5.74. The third-order valence-corrected chi connectivity index (χ3v) is 5.53. The Morgan fingerprint density at radius 3 is 2.85 bits per heavy atom. The molecule has 2 aromatic carbocycles. The van der Waals surface area contributed by atoms with Gasteiger partial charge in [0.15, 0.2) is 4.80 Å². The number of methoxy groups -OCH3 is 1. The van der Waals surface area contributed by atoms with E-state index in [4.69, 9.17) is 4.74 Å². The van der Waals surface area contributed by atoms with Crippen molar-refractivity contribution in [2.24, 2.45) is 4.99 Å². The molecule has 1 amide bonds. The Balaban J connectivity index is 1.95. The highest BCUT2D eigenvalue weighted by molar-refractivity contribution is 9.10. The van der Waals surface area contributed by atoms with Gasteiger partial charge in [-0.1, -0.05) is 45.5 Å². The molecular weight excluding hydrogens is 412 g/mol. The molecule has 1 heterocycles. The number of fused-ring (bicyclic) bond motifs is 1. The van der Waals surface area contributed by atoms with Crippen LogP contribution in [0.4, 0.5) is 0 Å². The van der Waals surface area contributed by atoms with Gasteiger partial charge in [-0.05, 0) is 42.3 Å². The number of carbonyl (C=O) groups is 1. The molecule has 0 saturated heterocycles. The maximum Gasteiger partial charge on any atom is 0.252 e. The van der Waals surface area contributed by atoms with Crippen LogP contribution in [0.15, 0.2) is 58.5 Å². The fourth-order valence-corrected chi connectivity index (χ4v) is 4.42. The normalized spacial score (nSPS) is 11.7. The topological polar surface area (TPSA) is 43.6 Å². The van der Waals surface area contributed by atoms with E-state index >= 15 is 0 Å². The van der Waals surface area contributed by atoms with E-state index in [1.807, 2.05) is 54.0 Å². The lowest BCUT2D eigenvalue weighted by atomic mass is 10.1. The van der Waals surface area contributed by atoms with Gasteiger partial charge in [0, 0.05) is 11.0 Å². The van der Waals surface area contributed by atoms with E-state index in [-0.39, 0.29) is 12.3 Å². The van der Waals surface area contributed by atoms with Crippen molar-refractivity contribution in [2.45, 2.75) is 19.9 Å². The van der Waals surface area contributed by atoms with E-state index < -0.39 is 0 Å². The van der Waals surface area contributed by atoms with Gasteiger partial charge in [0.2, 0.25) is 0 Å². The van der Waals surface area contributed by atoms with Gasteiger partial charge in [0.05, 0.1) is 23.7 Å². The van der Waals surface area contributed by atoms with Crippen LogP contribution < -0.4 is 9.54 Å². The number of aryl methyl sites for hydroxylation is 1. The van der Waals surface area contributed by atoms with E-state index in [0.29, 0.717) is 11.3 Å². The zero-order valence-electron chi connectivity index (χ0n) is 14.7. The standard InChI is InChI=1S/C20H19BrN2O2S/c1-4-9-23-16-7-6-15(21)12-18(16)26-20(23)22-19(24)11-14-5-8-17(25-3)13(2)10-14/h4-8,10,12H,1,9,11H2,2-3H3. The van der Waals surface area contributed by atoms with E-state index in [9.17, 15) is 4.79 Å². The third kappa shape index (κ3) is 3.97. The number of hydrogen-bond donors (Lipinski definition) is 0. The van der Waals surface area contributed by atoms with Gasteiger partial charge >= 0.3 is 0 Å². The summed E-state index contributed by atoms with van der Waals surface area (Å²) < 4.78 is 9.35. The van der Waals surface area contributed by atoms with Crippen molar-refractivity contribution >= 4 is 43.4 Å². The first-order valence-electron chi connectivity index (χ1n) is 8.12. The molecule has 1 aromatic heterocycles. The van der Waals surface area contributed by atoms with Crippen LogP contribution in [0.25, 0.3) is 10.2 Å². The number of allylic oxidation sites excluding steroid dienone is 1. The summed E-state index contributed by atoms with van der Waals surface area (Å²) >= 11 is 4.99. The lowest BCUT2D eigenvalue weighted by Gasteiger charge is -2.06. The van der Waals surface area contributed by atoms with E-state index in [1.165, 1.54) is 11.3 Å². The van der Waals surface area contributed by atoms with Crippen LogP contribution in [0.2, 0.25) is 0 Å². The molecule has 3 rings (SSSR count). The highest BCUT2D eigenvalue weighted by Crippen LogP contribution is 2.22. The first-order valence-corrected chi connectivity index (χ1v) is 9.73. The zero-order chi connectivity index (χ0) is 18.7. The van der Waals surface area contributed by atoms with Gasteiger partial charge in [-0.2, -0.15) is 4.99 Å². The number of carbonyl (C=O) groups excluding carboxylic acids is 1. The van der Waals surface area contributed by atoms with Crippen LogP contribution >= 0.6 is 27.3 Å². The molecule has 0 fully saturated rings. The third-order valence-electron chi connectivity index (χ3n) is 3.99. The highest BCUT2D eigenvalue weighted by Gasteiger charge is 2.09. The second kappa shape index (κ2) is 8.01. The summed E-state index contributed by atoms with van der Waals surface area (Å²) in [6.45, 7) is 6.38. The monoisotopic (exact) mass is 430 g/mol. The molecule has 6 heteroatoms. The second-order valence-corrected chi connectivity index (χ2v) is 7.81. The molecular formula is C20H19BrN2O2S. The molecule has 4 nitrogen and oxygen atoms in total. The van der Waals surface area contributed by atoms with Crippen LogP contribution in [0, 0.1) is 6.92 Å². The SMILES string of the molecule is C=CCn1c(=NC(=O)Cc2ccc(OC)c(C)c2)sc2cc(Br)ccc21. The van der Waals surface area contributed by atoms with Crippen molar-refractivity contribution < 1.29 is 9.53 Å². The summed E-state index contributed by atoms with van der Waals surface area (Å²) in [7, 11) is 1.64. The fourth-order valence-electron chi connectivity index (χ4n) is 2.81. The van der Waals surface area contributed by atoms with Crippen LogP contribution in [0.1, 0.15) is 11.1 Å². The van der Waals surface area contributed by atoms with Gasteiger partial charge in [-0.3, -0.25) is 4.79 Å². The number of nitrogens with zero attached hydrogens (tertiary/aromatic N) is 2. The minimum absolute atomic E-state index is 0.169. The average molecular weight is 431 g/mol. The number of aromatic nitrogens is 1. The number of amides is 1. The average Bonchev–Trinajstić information content (AvgIpc) is 2.91. The Morgan fingerprint density at radius 2 is 2.15 bits per heavy atom. The summed E-state index contributed by atoms with van der Waals surface area (Å²) in [6.07, 6.45) is 2.07. The molecule has 0 aliphatic rings. The first kappa shape index (κ1) is 18.6. The summed E-state index contributed by atoms with van der Waals surface area (Å²) in [5, 5.41) is 0. The van der Waals surface area contributed by atoms with Crippen molar-refractivity contribution in [1.82, 2.24) is 4.57 Å².